The van der Waals surface area contributed by atoms with Crippen molar-refractivity contribution in [3.63, 3.8) is 0 Å². The van der Waals surface area contributed by atoms with Crippen LogP contribution < -0.4 is 0 Å². The molecule has 0 aromatic carbocycles. The number of ether oxygens (including phenoxy) is 3. The molecule has 1 aliphatic rings. The second-order valence-electron chi connectivity index (χ2n) is 5.74. The van der Waals surface area contributed by atoms with Crippen molar-refractivity contribution in [2.45, 2.75) is 50.1 Å². The lowest BCUT2D eigenvalue weighted by atomic mass is 9.99. The summed E-state index contributed by atoms with van der Waals surface area (Å²) >= 11 is 0. The van der Waals surface area contributed by atoms with Gasteiger partial charge >= 0.3 is 11.9 Å². The van der Waals surface area contributed by atoms with Crippen LogP contribution in [0, 0.1) is 0 Å². The maximum absolute atomic E-state index is 11.6. The van der Waals surface area contributed by atoms with Crippen LogP contribution in [0.1, 0.15) is 12.8 Å². The fraction of sp³-hybridized carbons (Fsp3) is 0.667. The predicted octanol–water partition coefficient (Wildman–Crippen LogP) is -2.45. The van der Waals surface area contributed by atoms with E-state index >= 15 is 0 Å². The number of esters is 2. The van der Waals surface area contributed by atoms with E-state index in [1.54, 1.807) is 23.3 Å². The zero-order valence-electron chi connectivity index (χ0n) is 13.9. The van der Waals surface area contributed by atoms with Gasteiger partial charge in [0.15, 0.2) is 6.29 Å². The zero-order chi connectivity index (χ0) is 19.1. The highest BCUT2D eigenvalue weighted by Crippen LogP contribution is 2.20. The molecule has 5 atom stereocenters. The van der Waals surface area contributed by atoms with Gasteiger partial charge in [0.1, 0.15) is 37.6 Å². The minimum atomic E-state index is -1.70. The van der Waals surface area contributed by atoms with Crippen molar-refractivity contribution >= 4 is 11.9 Å². The van der Waals surface area contributed by atoms with E-state index in [0.29, 0.717) is 6.54 Å². The van der Waals surface area contributed by atoms with Gasteiger partial charge in [-0.2, -0.15) is 0 Å². The third kappa shape index (κ3) is 5.75. The molecule has 4 N–H and O–H groups in total. The molecule has 0 unspecified atom stereocenters. The minimum absolute atomic E-state index is 0.131. The van der Waals surface area contributed by atoms with E-state index in [-0.39, 0.29) is 19.4 Å². The molecule has 1 aromatic rings. The van der Waals surface area contributed by atoms with Gasteiger partial charge in [0, 0.05) is 18.9 Å². The number of hydrogen-bond donors (Lipinski definition) is 4. The Kier molecular flexibility index (Phi) is 7.48. The average Bonchev–Trinajstić information content (AvgIpc) is 3.13. The number of carbonyl (C=O) groups excluding carboxylic acids is 2. The SMILES string of the molecule is O=C(CCn1ccnc1)OCCC(=O)OC[C@H]1O[C@@H](O)[C@H](O)[C@@H](O)[C@@H]1O. The van der Waals surface area contributed by atoms with Crippen molar-refractivity contribution in [1.29, 1.82) is 0 Å². The fourth-order valence-electron chi connectivity index (χ4n) is 2.28. The molecule has 0 aliphatic carbocycles. The second kappa shape index (κ2) is 9.59. The number of carbonyl (C=O) groups is 2. The molecule has 26 heavy (non-hydrogen) atoms. The van der Waals surface area contributed by atoms with Gasteiger partial charge < -0.3 is 39.2 Å². The second-order valence-corrected chi connectivity index (χ2v) is 5.74. The lowest BCUT2D eigenvalue weighted by molar-refractivity contribution is -0.287. The number of nitrogens with zero attached hydrogens (tertiary/aromatic N) is 2. The summed E-state index contributed by atoms with van der Waals surface area (Å²) in [7, 11) is 0. The first-order valence-corrected chi connectivity index (χ1v) is 8.03. The van der Waals surface area contributed by atoms with Crippen LogP contribution in [-0.4, -0.2) is 85.8 Å². The van der Waals surface area contributed by atoms with Crippen LogP contribution in [0.5, 0.6) is 0 Å². The first-order valence-electron chi connectivity index (χ1n) is 8.03. The van der Waals surface area contributed by atoms with Crippen molar-refractivity contribution in [2.75, 3.05) is 13.2 Å². The number of aromatic nitrogens is 2. The predicted molar refractivity (Wildman–Crippen MR) is 82.3 cm³/mol. The Hall–Kier alpha value is -2.05. The summed E-state index contributed by atoms with van der Waals surface area (Å²) in [6.07, 6.45) is -2.90. The quantitative estimate of drug-likeness (QED) is 0.360. The summed E-state index contributed by atoms with van der Waals surface area (Å²) in [5.74, 6) is -1.18. The summed E-state index contributed by atoms with van der Waals surface area (Å²) < 4.78 is 16.3. The zero-order valence-corrected chi connectivity index (χ0v) is 13.9. The molecule has 11 nitrogen and oxygen atoms in total. The fourth-order valence-corrected chi connectivity index (χ4v) is 2.28. The molecule has 1 fully saturated rings. The van der Waals surface area contributed by atoms with Gasteiger partial charge in [-0.25, -0.2) is 4.98 Å². The van der Waals surface area contributed by atoms with Crippen molar-refractivity contribution in [2.24, 2.45) is 0 Å². The molecular formula is C15H22N2O9. The smallest absolute Gasteiger partial charge is 0.309 e. The molecule has 1 aliphatic heterocycles. The molecule has 0 saturated carbocycles. The van der Waals surface area contributed by atoms with E-state index in [4.69, 9.17) is 14.2 Å². The highest BCUT2D eigenvalue weighted by molar-refractivity contribution is 5.71. The van der Waals surface area contributed by atoms with E-state index in [1.807, 2.05) is 0 Å². The molecule has 146 valence electrons. The van der Waals surface area contributed by atoms with Crippen molar-refractivity contribution < 1.29 is 44.2 Å². The number of aryl methyl sites for hydroxylation is 1. The number of aliphatic hydroxyl groups is 4. The highest BCUT2D eigenvalue weighted by Gasteiger charge is 2.43. The lowest BCUT2D eigenvalue weighted by Gasteiger charge is -2.37. The molecular weight excluding hydrogens is 352 g/mol. The Bertz CT molecular complexity index is 580. The minimum Gasteiger partial charge on any atom is -0.465 e. The number of aliphatic hydroxyl groups excluding tert-OH is 4. The van der Waals surface area contributed by atoms with E-state index in [2.05, 4.69) is 4.98 Å². The Morgan fingerprint density at radius 1 is 1.04 bits per heavy atom. The van der Waals surface area contributed by atoms with Crippen molar-refractivity contribution in [3.8, 4) is 0 Å². The van der Waals surface area contributed by atoms with Crippen LogP contribution in [0.25, 0.3) is 0 Å². The molecule has 0 bridgehead atoms. The van der Waals surface area contributed by atoms with Crippen LogP contribution in [0.4, 0.5) is 0 Å². The van der Waals surface area contributed by atoms with Crippen molar-refractivity contribution in [3.05, 3.63) is 18.7 Å². The maximum Gasteiger partial charge on any atom is 0.309 e. The maximum atomic E-state index is 11.6. The standard InChI is InChI=1S/C15H22N2O9/c18-10(1-4-17-5-3-16-8-17)24-6-2-11(19)25-7-9-12(20)13(21)14(22)15(23)26-9/h3,5,8-9,12-15,20-23H,1-2,4,6-7H2/t9-,12-,13+,14-,15-/m1/s1. The summed E-state index contributed by atoms with van der Waals surface area (Å²) in [6.45, 7) is -0.189. The van der Waals surface area contributed by atoms with Gasteiger partial charge in [-0.3, -0.25) is 9.59 Å². The van der Waals surface area contributed by atoms with Crippen LogP contribution >= 0.6 is 0 Å². The van der Waals surface area contributed by atoms with Crippen molar-refractivity contribution in [1.82, 2.24) is 9.55 Å². The Morgan fingerprint density at radius 3 is 2.46 bits per heavy atom. The van der Waals surface area contributed by atoms with Gasteiger partial charge in [-0.15, -0.1) is 0 Å². The first kappa shape index (κ1) is 20.3. The van der Waals surface area contributed by atoms with Crippen LogP contribution in [0.2, 0.25) is 0 Å². The highest BCUT2D eigenvalue weighted by atomic mass is 16.6. The topological polar surface area (TPSA) is 161 Å². The third-order valence-electron chi connectivity index (χ3n) is 3.80. The van der Waals surface area contributed by atoms with E-state index < -0.39 is 49.3 Å². The van der Waals surface area contributed by atoms with Gasteiger partial charge in [0.25, 0.3) is 0 Å². The van der Waals surface area contributed by atoms with E-state index in [1.165, 1.54) is 0 Å². The molecule has 1 saturated heterocycles. The number of rotatable bonds is 8. The van der Waals surface area contributed by atoms with Gasteiger partial charge in [0.2, 0.25) is 0 Å². The monoisotopic (exact) mass is 374 g/mol. The molecule has 0 amide bonds. The molecule has 11 heteroatoms. The van der Waals surface area contributed by atoms with Gasteiger partial charge in [-0.1, -0.05) is 0 Å². The molecule has 0 spiro atoms. The Labute approximate surface area is 148 Å². The lowest BCUT2D eigenvalue weighted by Crippen LogP contribution is -2.58. The first-order chi connectivity index (χ1) is 12.4. The molecule has 0 radical (unpaired) electrons. The normalized spacial score (nSPS) is 28.5. The molecule has 2 rings (SSSR count). The largest absolute Gasteiger partial charge is 0.465 e. The summed E-state index contributed by atoms with van der Waals surface area (Å²) in [5, 5.41) is 38.0. The van der Waals surface area contributed by atoms with Crippen LogP contribution in [-0.2, 0) is 30.3 Å². The van der Waals surface area contributed by atoms with E-state index in [0.717, 1.165) is 0 Å². The molecule has 2 heterocycles. The summed E-state index contributed by atoms with van der Waals surface area (Å²) in [5.41, 5.74) is 0. The van der Waals surface area contributed by atoms with Crippen LogP contribution in [0.3, 0.4) is 0 Å². The van der Waals surface area contributed by atoms with Gasteiger partial charge in [0.05, 0.1) is 19.2 Å². The molecule has 1 aromatic heterocycles. The summed E-state index contributed by atoms with van der Waals surface area (Å²) in [6, 6.07) is 0. The average molecular weight is 374 g/mol. The van der Waals surface area contributed by atoms with E-state index in [9.17, 15) is 30.0 Å². The van der Waals surface area contributed by atoms with Gasteiger partial charge in [-0.05, 0) is 0 Å². The third-order valence-corrected chi connectivity index (χ3v) is 3.80. The summed E-state index contributed by atoms with van der Waals surface area (Å²) in [4.78, 5) is 27.0. The number of hydrogen-bond acceptors (Lipinski definition) is 10. The number of imidazole rings is 1. The van der Waals surface area contributed by atoms with Crippen LogP contribution in [0.15, 0.2) is 18.7 Å². The Morgan fingerprint density at radius 2 is 1.77 bits per heavy atom. The Balaban J connectivity index is 1.60.